The smallest absolute Gasteiger partial charge is 0.141 e. The van der Waals surface area contributed by atoms with Crippen molar-refractivity contribution in [3.8, 4) is 17.5 Å². The van der Waals surface area contributed by atoms with Crippen molar-refractivity contribution < 1.29 is 0 Å². The summed E-state index contributed by atoms with van der Waals surface area (Å²) in [5.41, 5.74) is 6.16. The Kier molecular flexibility index (Phi) is 2.80. The summed E-state index contributed by atoms with van der Waals surface area (Å²) < 4.78 is 2.06. The molecule has 2 aromatic carbocycles. The molecule has 3 aromatic rings. The number of benzene rings is 2. The van der Waals surface area contributed by atoms with E-state index in [-0.39, 0.29) is 0 Å². The second-order valence-electron chi connectivity index (χ2n) is 5.08. The summed E-state index contributed by atoms with van der Waals surface area (Å²) in [5.74, 6) is 0.950. The van der Waals surface area contributed by atoms with Gasteiger partial charge < -0.3 is 4.57 Å². The van der Waals surface area contributed by atoms with Gasteiger partial charge in [0, 0.05) is 12.6 Å². The molecule has 0 amide bonds. The summed E-state index contributed by atoms with van der Waals surface area (Å²) in [6.45, 7) is 4.20. The summed E-state index contributed by atoms with van der Waals surface area (Å²) in [7, 11) is 2.00. The molecule has 0 bridgehead atoms. The first kappa shape index (κ1) is 12.4. The highest BCUT2D eigenvalue weighted by atomic mass is 15.1. The van der Waals surface area contributed by atoms with Crippen LogP contribution in [0.1, 0.15) is 16.7 Å². The Morgan fingerprint density at radius 1 is 1.10 bits per heavy atom. The monoisotopic (exact) mass is 261 g/mol. The Bertz CT molecular complexity index is 830. The molecule has 0 atom stereocenters. The lowest BCUT2D eigenvalue weighted by Crippen LogP contribution is -1.96. The molecule has 0 radical (unpaired) electrons. The molecule has 1 heterocycles. The van der Waals surface area contributed by atoms with Crippen LogP contribution >= 0.6 is 0 Å². The molecule has 3 nitrogen and oxygen atoms in total. The van der Waals surface area contributed by atoms with Gasteiger partial charge in [-0.05, 0) is 43.2 Å². The van der Waals surface area contributed by atoms with Gasteiger partial charge in [-0.15, -0.1) is 0 Å². The van der Waals surface area contributed by atoms with E-state index >= 15 is 0 Å². The molecule has 20 heavy (non-hydrogen) atoms. The number of nitriles is 1. The van der Waals surface area contributed by atoms with Gasteiger partial charge in [0.2, 0.25) is 0 Å². The van der Waals surface area contributed by atoms with Crippen LogP contribution in [0.3, 0.4) is 0 Å². The molecule has 0 saturated heterocycles. The average Bonchev–Trinajstić information content (AvgIpc) is 2.76. The second kappa shape index (κ2) is 4.50. The van der Waals surface area contributed by atoms with Crippen LogP contribution in [0.15, 0.2) is 36.4 Å². The number of nitrogens with zero attached hydrogens (tertiary/aromatic N) is 3. The van der Waals surface area contributed by atoms with Crippen molar-refractivity contribution in [2.45, 2.75) is 13.8 Å². The summed E-state index contributed by atoms with van der Waals surface area (Å²) in [4.78, 5) is 4.73. The second-order valence-corrected chi connectivity index (χ2v) is 5.08. The summed E-state index contributed by atoms with van der Waals surface area (Å²) in [6.07, 6.45) is 0. The van der Waals surface area contributed by atoms with Gasteiger partial charge in [-0.25, -0.2) is 4.98 Å². The van der Waals surface area contributed by atoms with E-state index < -0.39 is 0 Å². The van der Waals surface area contributed by atoms with Crippen LogP contribution in [0.4, 0.5) is 0 Å². The van der Waals surface area contributed by atoms with Gasteiger partial charge in [0.15, 0.2) is 0 Å². The maximum Gasteiger partial charge on any atom is 0.141 e. The van der Waals surface area contributed by atoms with Crippen molar-refractivity contribution >= 4 is 11.0 Å². The van der Waals surface area contributed by atoms with Gasteiger partial charge in [0.25, 0.3) is 0 Å². The SMILES string of the molecule is Cc1cccc(C)c1-c1nc2ccc(C#N)cc2n1C. The zero-order chi connectivity index (χ0) is 14.3. The van der Waals surface area contributed by atoms with Gasteiger partial charge in [-0.3, -0.25) is 0 Å². The first-order valence-electron chi connectivity index (χ1n) is 6.55. The molecule has 0 fully saturated rings. The molecule has 98 valence electrons. The molecule has 0 aliphatic carbocycles. The predicted octanol–water partition coefficient (Wildman–Crippen LogP) is 3.73. The summed E-state index contributed by atoms with van der Waals surface area (Å²) in [5, 5.41) is 9.02. The Morgan fingerprint density at radius 3 is 2.45 bits per heavy atom. The highest BCUT2D eigenvalue weighted by Gasteiger charge is 2.14. The summed E-state index contributed by atoms with van der Waals surface area (Å²) >= 11 is 0. The van der Waals surface area contributed by atoms with Gasteiger partial charge in [0.1, 0.15) is 5.82 Å². The van der Waals surface area contributed by atoms with Crippen LogP contribution in [0.5, 0.6) is 0 Å². The fourth-order valence-electron chi connectivity index (χ4n) is 2.65. The van der Waals surface area contributed by atoms with E-state index in [1.54, 1.807) is 0 Å². The van der Waals surface area contributed by atoms with Crippen LogP contribution in [0.25, 0.3) is 22.4 Å². The maximum absolute atomic E-state index is 9.02. The number of hydrogen-bond donors (Lipinski definition) is 0. The molecular formula is C17H15N3. The lowest BCUT2D eigenvalue weighted by Gasteiger charge is -2.09. The minimum atomic E-state index is 0.661. The van der Waals surface area contributed by atoms with Crippen molar-refractivity contribution in [3.63, 3.8) is 0 Å². The van der Waals surface area contributed by atoms with Crippen LogP contribution in [-0.4, -0.2) is 9.55 Å². The Morgan fingerprint density at radius 2 is 1.80 bits per heavy atom. The molecule has 0 N–H and O–H groups in total. The van der Waals surface area contributed by atoms with E-state index in [1.165, 1.54) is 16.7 Å². The highest BCUT2D eigenvalue weighted by Crippen LogP contribution is 2.29. The van der Waals surface area contributed by atoms with E-state index in [9.17, 15) is 0 Å². The zero-order valence-electron chi connectivity index (χ0n) is 11.8. The number of fused-ring (bicyclic) bond motifs is 1. The zero-order valence-corrected chi connectivity index (χ0v) is 11.8. The molecule has 3 rings (SSSR count). The Balaban J connectivity index is 2.33. The lowest BCUT2D eigenvalue weighted by molar-refractivity contribution is 0.955. The van der Waals surface area contributed by atoms with Crippen molar-refractivity contribution in [2.24, 2.45) is 7.05 Å². The van der Waals surface area contributed by atoms with Crippen LogP contribution < -0.4 is 0 Å². The lowest BCUT2D eigenvalue weighted by atomic mass is 10.0. The van der Waals surface area contributed by atoms with Crippen molar-refractivity contribution in [2.75, 3.05) is 0 Å². The number of imidazole rings is 1. The minimum absolute atomic E-state index is 0.661. The maximum atomic E-state index is 9.02. The molecule has 0 saturated carbocycles. The van der Waals surface area contributed by atoms with E-state index in [1.807, 2.05) is 25.2 Å². The number of aromatic nitrogens is 2. The largest absolute Gasteiger partial charge is 0.327 e. The number of rotatable bonds is 1. The van der Waals surface area contributed by atoms with E-state index in [0.29, 0.717) is 5.56 Å². The minimum Gasteiger partial charge on any atom is -0.327 e. The van der Waals surface area contributed by atoms with Gasteiger partial charge in [-0.2, -0.15) is 5.26 Å². The quantitative estimate of drug-likeness (QED) is 0.669. The van der Waals surface area contributed by atoms with E-state index in [2.05, 4.69) is 42.7 Å². The Hall–Kier alpha value is -2.60. The molecular weight excluding hydrogens is 246 g/mol. The van der Waals surface area contributed by atoms with Crippen molar-refractivity contribution in [1.82, 2.24) is 9.55 Å². The standard InChI is InChI=1S/C17H15N3/c1-11-5-4-6-12(2)16(11)17-19-14-8-7-13(10-18)9-15(14)20(17)3/h4-9H,1-3H3. The summed E-state index contributed by atoms with van der Waals surface area (Å²) in [6, 6.07) is 14.0. The highest BCUT2D eigenvalue weighted by molar-refractivity contribution is 5.83. The first-order valence-corrected chi connectivity index (χ1v) is 6.55. The molecule has 3 heteroatoms. The molecule has 1 aromatic heterocycles. The average molecular weight is 261 g/mol. The Labute approximate surface area is 118 Å². The topological polar surface area (TPSA) is 41.6 Å². The normalized spacial score (nSPS) is 10.7. The molecule has 0 spiro atoms. The third-order valence-electron chi connectivity index (χ3n) is 3.71. The number of hydrogen-bond acceptors (Lipinski definition) is 2. The van der Waals surface area contributed by atoms with Crippen molar-refractivity contribution in [3.05, 3.63) is 53.1 Å². The first-order chi connectivity index (χ1) is 9.61. The predicted molar refractivity (Wildman–Crippen MR) is 80.3 cm³/mol. The third kappa shape index (κ3) is 1.78. The number of aryl methyl sites for hydroxylation is 3. The molecule has 0 unspecified atom stereocenters. The van der Waals surface area contributed by atoms with E-state index in [0.717, 1.165) is 16.9 Å². The third-order valence-corrected chi connectivity index (χ3v) is 3.71. The fraction of sp³-hybridized carbons (Fsp3) is 0.176. The van der Waals surface area contributed by atoms with Gasteiger partial charge >= 0.3 is 0 Å². The molecule has 0 aliphatic heterocycles. The fourth-order valence-corrected chi connectivity index (χ4v) is 2.65. The van der Waals surface area contributed by atoms with Crippen LogP contribution in [0, 0.1) is 25.2 Å². The van der Waals surface area contributed by atoms with Crippen molar-refractivity contribution in [1.29, 1.82) is 5.26 Å². The van der Waals surface area contributed by atoms with Crippen LogP contribution in [0.2, 0.25) is 0 Å². The van der Waals surface area contributed by atoms with Gasteiger partial charge in [-0.1, -0.05) is 18.2 Å². The van der Waals surface area contributed by atoms with Crippen LogP contribution in [-0.2, 0) is 7.05 Å². The van der Waals surface area contributed by atoms with E-state index in [4.69, 9.17) is 10.2 Å². The van der Waals surface area contributed by atoms with Gasteiger partial charge in [0.05, 0.1) is 22.7 Å². The molecule has 0 aliphatic rings.